The monoisotopic (exact) mass is 246 g/mol. The second kappa shape index (κ2) is 10.3. The number of ether oxygens (including phenoxy) is 1. The van der Waals surface area contributed by atoms with Crippen LogP contribution in [-0.4, -0.2) is 36.6 Å². The standard InChI is InChI=1S/C4H6N2O2.C3H7NO2.CHNO/c5-2-1-3(7)6-4(2)8;1-2-6-3(4)5;2-1-3/h2H,1,5H2,(H,6,7,8);2H2,1H3,(H2,4,5);2H/t2-;;/m0../s1. The fraction of sp³-hybridized carbons (Fsp3) is 0.500. The van der Waals surface area contributed by atoms with Gasteiger partial charge in [0.1, 0.15) is 0 Å². The maximum absolute atomic E-state index is 10.3. The minimum Gasteiger partial charge on any atom is -0.450 e. The molecule has 1 heterocycles. The van der Waals surface area contributed by atoms with E-state index in [-0.39, 0.29) is 18.2 Å². The van der Waals surface area contributed by atoms with E-state index >= 15 is 0 Å². The van der Waals surface area contributed by atoms with E-state index in [9.17, 15) is 14.4 Å². The van der Waals surface area contributed by atoms with Gasteiger partial charge in [-0.1, -0.05) is 0 Å². The predicted octanol–water partition coefficient (Wildman–Crippen LogP) is -1.64. The molecule has 0 bridgehead atoms. The molecular weight excluding hydrogens is 232 g/mol. The lowest BCUT2D eigenvalue weighted by Gasteiger charge is -1.89. The lowest BCUT2D eigenvalue weighted by molar-refractivity contribution is -0.125. The third kappa shape index (κ3) is 11.7. The van der Waals surface area contributed by atoms with Gasteiger partial charge >= 0.3 is 6.09 Å². The van der Waals surface area contributed by atoms with Gasteiger partial charge in [0.2, 0.25) is 17.9 Å². The van der Waals surface area contributed by atoms with E-state index in [2.05, 4.69) is 15.8 Å². The molecule has 0 aromatic heterocycles. The van der Waals surface area contributed by atoms with Crippen molar-refractivity contribution < 1.29 is 23.9 Å². The molecule has 1 aliphatic heterocycles. The Morgan fingerprint density at radius 1 is 1.65 bits per heavy atom. The summed E-state index contributed by atoms with van der Waals surface area (Å²) in [5.74, 6) is -0.641. The van der Waals surface area contributed by atoms with Crippen LogP contribution in [0.25, 0.3) is 0 Å². The zero-order valence-electron chi connectivity index (χ0n) is 9.19. The highest BCUT2D eigenvalue weighted by Crippen LogP contribution is 1.95. The number of hydrogen-bond acceptors (Lipinski definition) is 7. The van der Waals surface area contributed by atoms with Gasteiger partial charge in [0, 0.05) is 0 Å². The highest BCUT2D eigenvalue weighted by atomic mass is 16.5. The number of carbonyl (C=O) groups excluding carboxylic acids is 4. The van der Waals surface area contributed by atoms with Crippen LogP contribution >= 0.6 is 0 Å². The van der Waals surface area contributed by atoms with Crippen LogP contribution in [0.1, 0.15) is 13.3 Å². The second-order valence-electron chi connectivity index (χ2n) is 2.58. The summed E-state index contributed by atoms with van der Waals surface area (Å²) >= 11 is 0. The Bertz CT molecular complexity index is 311. The Morgan fingerprint density at radius 2 is 2.12 bits per heavy atom. The molecular formula is C8H14N4O5. The van der Waals surface area contributed by atoms with Gasteiger partial charge in [-0.05, 0) is 6.92 Å². The zero-order valence-corrected chi connectivity index (χ0v) is 9.19. The number of amides is 3. The molecule has 17 heavy (non-hydrogen) atoms. The molecule has 0 aliphatic carbocycles. The molecule has 1 saturated heterocycles. The summed E-state index contributed by atoms with van der Waals surface area (Å²) in [7, 11) is 0. The average Bonchev–Trinajstić information content (AvgIpc) is 2.45. The lowest BCUT2D eigenvalue weighted by Crippen LogP contribution is -2.30. The molecule has 0 radical (unpaired) electrons. The van der Waals surface area contributed by atoms with E-state index in [0.717, 1.165) is 6.08 Å². The third-order valence-corrected chi connectivity index (χ3v) is 1.29. The zero-order chi connectivity index (χ0) is 13.8. The maximum atomic E-state index is 10.3. The Hall–Kier alpha value is -2.25. The molecule has 6 N–H and O–H groups in total. The number of hydrogen-bond donors (Lipinski definition) is 4. The predicted molar refractivity (Wildman–Crippen MR) is 55.4 cm³/mol. The molecule has 96 valence electrons. The molecule has 0 unspecified atom stereocenters. The number of carbonyl (C=O) groups is 3. The Morgan fingerprint density at radius 3 is 2.18 bits per heavy atom. The van der Waals surface area contributed by atoms with Crippen molar-refractivity contribution >= 4 is 24.0 Å². The minimum atomic E-state index is -0.711. The van der Waals surface area contributed by atoms with Crippen LogP contribution in [0, 0.1) is 5.41 Å². The smallest absolute Gasteiger partial charge is 0.404 e. The van der Waals surface area contributed by atoms with Gasteiger partial charge in [0.25, 0.3) is 0 Å². The average molecular weight is 246 g/mol. The summed E-state index contributed by atoms with van der Waals surface area (Å²) in [6.07, 6.45) is 0.177. The fourth-order valence-corrected chi connectivity index (χ4v) is 0.716. The van der Waals surface area contributed by atoms with E-state index in [1.165, 1.54) is 0 Å². The summed E-state index contributed by atoms with van der Waals surface area (Å²) in [5, 5.41) is 7.47. The molecule has 0 spiro atoms. The summed E-state index contributed by atoms with van der Waals surface area (Å²) in [6, 6.07) is -0.609. The second-order valence-corrected chi connectivity index (χ2v) is 2.58. The number of rotatable bonds is 1. The molecule has 9 heteroatoms. The summed E-state index contributed by atoms with van der Waals surface area (Å²) in [4.78, 5) is 38.5. The van der Waals surface area contributed by atoms with Gasteiger partial charge in [0.05, 0.1) is 19.1 Å². The largest absolute Gasteiger partial charge is 0.450 e. The Labute approximate surface area is 97.0 Å². The normalized spacial score (nSPS) is 16.5. The van der Waals surface area contributed by atoms with Crippen LogP contribution in [0.2, 0.25) is 0 Å². The van der Waals surface area contributed by atoms with Crippen LogP contribution in [-0.2, 0) is 19.1 Å². The quantitative estimate of drug-likeness (QED) is 0.246. The van der Waals surface area contributed by atoms with E-state index in [0.29, 0.717) is 6.61 Å². The van der Waals surface area contributed by atoms with Crippen molar-refractivity contribution in [2.45, 2.75) is 19.4 Å². The van der Waals surface area contributed by atoms with Crippen LogP contribution in [0.4, 0.5) is 4.79 Å². The number of isocyanates is 1. The van der Waals surface area contributed by atoms with E-state index in [1.807, 2.05) is 0 Å². The van der Waals surface area contributed by atoms with E-state index in [4.69, 9.17) is 15.9 Å². The van der Waals surface area contributed by atoms with Crippen molar-refractivity contribution in [1.82, 2.24) is 5.32 Å². The third-order valence-electron chi connectivity index (χ3n) is 1.29. The van der Waals surface area contributed by atoms with Crippen LogP contribution in [0.5, 0.6) is 0 Å². The molecule has 1 fully saturated rings. The number of nitrogens with one attached hydrogen (secondary N) is 2. The maximum Gasteiger partial charge on any atom is 0.404 e. The lowest BCUT2D eigenvalue weighted by atomic mass is 10.3. The topological polar surface area (TPSA) is 165 Å². The molecule has 3 amide bonds. The first-order chi connectivity index (χ1) is 7.88. The molecule has 0 aromatic carbocycles. The summed E-state index contributed by atoms with van der Waals surface area (Å²) in [5.41, 5.74) is 9.68. The molecule has 9 nitrogen and oxygen atoms in total. The summed E-state index contributed by atoms with van der Waals surface area (Å²) < 4.78 is 4.18. The SMILES string of the molecule is CCOC(N)=O.N=C=O.N[C@H]1CC(=O)NC1=O. The Kier molecular flexibility index (Phi) is 10.4. The Balaban J connectivity index is 0. The number of primary amides is 1. The van der Waals surface area contributed by atoms with E-state index < -0.39 is 12.1 Å². The molecule has 0 saturated carbocycles. The van der Waals surface area contributed by atoms with Crippen molar-refractivity contribution in [1.29, 1.82) is 5.41 Å². The van der Waals surface area contributed by atoms with Gasteiger partial charge in [-0.3, -0.25) is 14.9 Å². The van der Waals surface area contributed by atoms with Crippen molar-refractivity contribution in [3.63, 3.8) is 0 Å². The van der Waals surface area contributed by atoms with Gasteiger partial charge in [0.15, 0.2) is 0 Å². The molecule has 1 rings (SSSR count). The van der Waals surface area contributed by atoms with Crippen LogP contribution in [0.15, 0.2) is 0 Å². The van der Waals surface area contributed by atoms with Crippen LogP contribution in [0.3, 0.4) is 0 Å². The fourth-order valence-electron chi connectivity index (χ4n) is 0.716. The molecule has 0 aromatic rings. The van der Waals surface area contributed by atoms with Crippen molar-refractivity contribution in [3.05, 3.63) is 0 Å². The van der Waals surface area contributed by atoms with Gasteiger partial charge < -0.3 is 16.2 Å². The molecule has 1 atom stereocenters. The van der Waals surface area contributed by atoms with Gasteiger partial charge in [-0.2, -0.15) is 0 Å². The number of imide groups is 1. The highest BCUT2D eigenvalue weighted by molar-refractivity contribution is 6.05. The highest BCUT2D eigenvalue weighted by Gasteiger charge is 2.26. The minimum absolute atomic E-state index is 0.138. The van der Waals surface area contributed by atoms with Gasteiger partial charge in [-0.15, -0.1) is 0 Å². The van der Waals surface area contributed by atoms with Crippen LogP contribution < -0.4 is 16.8 Å². The van der Waals surface area contributed by atoms with Crippen molar-refractivity contribution in [3.8, 4) is 0 Å². The van der Waals surface area contributed by atoms with Gasteiger partial charge in [-0.25, -0.2) is 15.0 Å². The summed E-state index contributed by atoms with van der Waals surface area (Å²) in [6.45, 7) is 2.06. The van der Waals surface area contributed by atoms with E-state index in [1.54, 1.807) is 6.92 Å². The molecule has 1 aliphatic rings. The first kappa shape index (κ1) is 17.2. The first-order valence-electron chi connectivity index (χ1n) is 4.44. The number of nitrogens with two attached hydrogens (primary N) is 2. The van der Waals surface area contributed by atoms with Crippen molar-refractivity contribution in [2.75, 3.05) is 6.61 Å². The van der Waals surface area contributed by atoms with Crippen molar-refractivity contribution in [2.24, 2.45) is 11.5 Å². The first-order valence-corrected chi connectivity index (χ1v) is 4.44.